The average Bonchev–Trinajstić information content (AvgIpc) is 2.71. The maximum atomic E-state index is 11.9. The van der Waals surface area contributed by atoms with E-state index in [4.69, 9.17) is 5.73 Å². The quantitative estimate of drug-likeness (QED) is 0.694. The zero-order valence-corrected chi connectivity index (χ0v) is 11.2. The number of fused-ring (bicyclic) bond motifs is 1. The van der Waals surface area contributed by atoms with Gasteiger partial charge >= 0.3 is 0 Å². The fourth-order valence-electron chi connectivity index (χ4n) is 2.07. The SMILES string of the molecule is CC(CCCN)C(=O)Nc1ccc2c(c1)C(=O)NC2=O. The molecule has 1 aromatic rings. The maximum Gasteiger partial charge on any atom is 0.259 e. The minimum Gasteiger partial charge on any atom is -0.330 e. The van der Waals surface area contributed by atoms with Crippen molar-refractivity contribution in [2.75, 3.05) is 11.9 Å². The summed E-state index contributed by atoms with van der Waals surface area (Å²) in [4.78, 5) is 34.9. The first kappa shape index (κ1) is 14.2. The molecule has 0 radical (unpaired) electrons. The summed E-state index contributed by atoms with van der Waals surface area (Å²) in [5, 5.41) is 4.95. The molecule has 1 aromatic carbocycles. The van der Waals surface area contributed by atoms with E-state index in [1.165, 1.54) is 12.1 Å². The molecular formula is C14H17N3O3. The number of nitrogens with one attached hydrogen (secondary N) is 2. The minimum absolute atomic E-state index is 0.122. The molecule has 1 heterocycles. The highest BCUT2D eigenvalue weighted by atomic mass is 16.2. The molecule has 0 saturated heterocycles. The van der Waals surface area contributed by atoms with Crippen molar-refractivity contribution in [2.45, 2.75) is 19.8 Å². The van der Waals surface area contributed by atoms with Crippen LogP contribution < -0.4 is 16.4 Å². The van der Waals surface area contributed by atoms with E-state index in [1.807, 2.05) is 6.92 Å². The van der Waals surface area contributed by atoms with Gasteiger partial charge in [0, 0.05) is 11.6 Å². The highest BCUT2D eigenvalue weighted by Crippen LogP contribution is 2.21. The van der Waals surface area contributed by atoms with Crippen molar-refractivity contribution < 1.29 is 14.4 Å². The lowest BCUT2D eigenvalue weighted by Crippen LogP contribution is -2.21. The van der Waals surface area contributed by atoms with Gasteiger partial charge in [-0.05, 0) is 37.6 Å². The van der Waals surface area contributed by atoms with Gasteiger partial charge in [0.1, 0.15) is 0 Å². The predicted molar refractivity (Wildman–Crippen MR) is 74.3 cm³/mol. The highest BCUT2D eigenvalue weighted by Gasteiger charge is 2.26. The van der Waals surface area contributed by atoms with Crippen LogP contribution in [-0.2, 0) is 4.79 Å². The molecule has 6 nitrogen and oxygen atoms in total. The van der Waals surface area contributed by atoms with Crippen LogP contribution in [0.15, 0.2) is 18.2 Å². The van der Waals surface area contributed by atoms with E-state index in [-0.39, 0.29) is 11.8 Å². The molecule has 6 heteroatoms. The van der Waals surface area contributed by atoms with Crippen molar-refractivity contribution in [3.8, 4) is 0 Å². The van der Waals surface area contributed by atoms with Gasteiger partial charge in [-0.15, -0.1) is 0 Å². The van der Waals surface area contributed by atoms with Gasteiger partial charge < -0.3 is 11.1 Å². The van der Waals surface area contributed by atoms with Crippen molar-refractivity contribution >= 4 is 23.4 Å². The maximum absolute atomic E-state index is 11.9. The highest BCUT2D eigenvalue weighted by molar-refractivity contribution is 6.22. The number of hydrogen-bond donors (Lipinski definition) is 3. The second-order valence-corrected chi connectivity index (χ2v) is 4.86. The molecule has 106 valence electrons. The second-order valence-electron chi connectivity index (χ2n) is 4.86. The summed E-state index contributed by atoms with van der Waals surface area (Å²) in [7, 11) is 0. The van der Waals surface area contributed by atoms with Crippen molar-refractivity contribution in [2.24, 2.45) is 11.7 Å². The number of nitrogens with two attached hydrogens (primary N) is 1. The molecule has 1 atom stereocenters. The zero-order valence-electron chi connectivity index (χ0n) is 11.2. The summed E-state index contributed by atoms with van der Waals surface area (Å²) >= 11 is 0. The van der Waals surface area contributed by atoms with Gasteiger partial charge in [-0.25, -0.2) is 0 Å². The molecule has 4 N–H and O–H groups in total. The van der Waals surface area contributed by atoms with Gasteiger partial charge in [-0.2, -0.15) is 0 Å². The number of carbonyl (C=O) groups excluding carboxylic acids is 3. The monoisotopic (exact) mass is 275 g/mol. The van der Waals surface area contributed by atoms with E-state index in [0.717, 1.165) is 6.42 Å². The van der Waals surface area contributed by atoms with E-state index < -0.39 is 11.8 Å². The number of anilines is 1. The second kappa shape index (κ2) is 5.83. The number of rotatable bonds is 5. The van der Waals surface area contributed by atoms with E-state index in [0.29, 0.717) is 29.8 Å². The number of amides is 3. The fraction of sp³-hybridized carbons (Fsp3) is 0.357. The Hall–Kier alpha value is -2.21. The van der Waals surface area contributed by atoms with E-state index in [1.54, 1.807) is 6.07 Å². The third kappa shape index (κ3) is 2.85. The Labute approximate surface area is 116 Å². The molecule has 1 unspecified atom stereocenters. The van der Waals surface area contributed by atoms with Crippen LogP contribution in [0.4, 0.5) is 5.69 Å². The molecular weight excluding hydrogens is 258 g/mol. The molecule has 0 spiro atoms. The van der Waals surface area contributed by atoms with Crippen LogP contribution in [0.25, 0.3) is 0 Å². The number of hydrogen-bond acceptors (Lipinski definition) is 4. The lowest BCUT2D eigenvalue weighted by molar-refractivity contribution is -0.119. The van der Waals surface area contributed by atoms with Gasteiger partial charge in [0.2, 0.25) is 5.91 Å². The summed E-state index contributed by atoms with van der Waals surface area (Å²) in [6, 6.07) is 4.67. The molecule has 0 aliphatic carbocycles. The normalized spacial score (nSPS) is 14.7. The lowest BCUT2D eigenvalue weighted by Gasteiger charge is -2.12. The molecule has 1 aliphatic heterocycles. The first-order valence-electron chi connectivity index (χ1n) is 6.53. The molecule has 0 aromatic heterocycles. The van der Waals surface area contributed by atoms with Crippen LogP contribution in [0.5, 0.6) is 0 Å². The first-order chi connectivity index (χ1) is 9.52. The summed E-state index contributed by atoms with van der Waals surface area (Å²) in [6.45, 7) is 2.38. The largest absolute Gasteiger partial charge is 0.330 e. The standard InChI is InChI=1S/C14H17N3O3/c1-8(3-2-6-15)12(18)16-9-4-5-10-11(7-9)14(20)17-13(10)19/h4-5,7-8H,2-3,6,15H2,1H3,(H,16,18)(H,17,19,20). The van der Waals surface area contributed by atoms with Crippen LogP contribution in [0.2, 0.25) is 0 Å². The van der Waals surface area contributed by atoms with Gasteiger partial charge in [-0.3, -0.25) is 19.7 Å². The molecule has 0 fully saturated rings. The minimum atomic E-state index is -0.433. The van der Waals surface area contributed by atoms with Gasteiger partial charge in [0.05, 0.1) is 11.1 Å². The van der Waals surface area contributed by atoms with Crippen LogP contribution in [0, 0.1) is 5.92 Å². The Morgan fingerprint density at radius 3 is 2.70 bits per heavy atom. The number of benzene rings is 1. The first-order valence-corrected chi connectivity index (χ1v) is 6.53. The smallest absolute Gasteiger partial charge is 0.259 e. The summed E-state index contributed by atoms with van der Waals surface area (Å²) in [5.41, 5.74) is 6.55. The van der Waals surface area contributed by atoms with Crippen LogP contribution in [-0.4, -0.2) is 24.3 Å². The van der Waals surface area contributed by atoms with Crippen molar-refractivity contribution in [1.82, 2.24) is 5.32 Å². The molecule has 0 bridgehead atoms. The fourth-order valence-corrected chi connectivity index (χ4v) is 2.07. The Kier molecular flexibility index (Phi) is 4.14. The van der Waals surface area contributed by atoms with E-state index >= 15 is 0 Å². The molecule has 2 rings (SSSR count). The van der Waals surface area contributed by atoms with Crippen molar-refractivity contribution in [3.05, 3.63) is 29.3 Å². The van der Waals surface area contributed by atoms with Gasteiger partial charge in [-0.1, -0.05) is 6.92 Å². The van der Waals surface area contributed by atoms with Gasteiger partial charge in [0.25, 0.3) is 11.8 Å². The third-order valence-corrected chi connectivity index (χ3v) is 3.29. The summed E-state index contributed by atoms with van der Waals surface area (Å²) in [6.07, 6.45) is 1.50. The van der Waals surface area contributed by atoms with Crippen molar-refractivity contribution in [3.63, 3.8) is 0 Å². The Bertz CT molecular complexity index is 569. The topological polar surface area (TPSA) is 101 Å². The zero-order chi connectivity index (χ0) is 14.7. The Morgan fingerprint density at radius 2 is 2.00 bits per heavy atom. The van der Waals surface area contributed by atoms with Crippen molar-refractivity contribution in [1.29, 1.82) is 0 Å². The Morgan fingerprint density at radius 1 is 1.30 bits per heavy atom. The average molecular weight is 275 g/mol. The van der Waals surface area contributed by atoms with Crippen LogP contribution >= 0.6 is 0 Å². The summed E-state index contributed by atoms with van der Waals surface area (Å²) in [5.74, 6) is -1.11. The van der Waals surface area contributed by atoms with Crippen LogP contribution in [0.1, 0.15) is 40.5 Å². The molecule has 1 aliphatic rings. The molecule has 3 amide bonds. The predicted octanol–water partition coefficient (Wildman–Crippen LogP) is 0.884. The van der Waals surface area contributed by atoms with E-state index in [9.17, 15) is 14.4 Å². The Balaban J connectivity index is 2.08. The van der Waals surface area contributed by atoms with Crippen LogP contribution in [0.3, 0.4) is 0 Å². The van der Waals surface area contributed by atoms with E-state index in [2.05, 4.69) is 10.6 Å². The molecule has 0 saturated carbocycles. The van der Waals surface area contributed by atoms with Gasteiger partial charge in [0.15, 0.2) is 0 Å². The third-order valence-electron chi connectivity index (χ3n) is 3.29. The lowest BCUT2D eigenvalue weighted by atomic mass is 10.0. The molecule has 20 heavy (non-hydrogen) atoms. The number of carbonyl (C=O) groups is 3. The number of imide groups is 1. The summed E-state index contributed by atoms with van der Waals surface area (Å²) < 4.78 is 0.